The molecule has 29 heavy (non-hydrogen) atoms. The van der Waals surface area contributed by atoms with Gasteiger partial charge in [-0.3, -0.25) is 14.3 Å². The number of aromatic nitrogens is 2. The van der Waals surface area contributed by atoms with Gasteiger partial charge in [-0.05, 0) is 29.7 Å². The fourth-order valence-electron chi connectivity index (χ4n) is 3.42. The molecule has 2 aromatic carbocycles. The summed E-state index contributed by atoms with van der Waals surface area (Å²) in [6.45, 7) is 2.15. The van der Waals surface area contributed by atoms with E-state index in [1.807, 2.05) is 47.4 Å². The number of amides is 2. The van der Waals surface area contributed by atoms with E-state index in [1.54, 1.807) is 22.9 Å². The van der Waals surface area contributed by atoms with Crippen molar-refractivity contribution in [3.8, 4) is 0 Å². The third kappa shape index (κ3) is 4.49. The fraction of sp³-hybridized carbons (Fsp3) is 0.227. The molecule has 1 aliphatic heterocycles. The first-order chi connectivity index (χ1) is 14.1. The summed E-state index contributed by atoms with van der Waals surface area (Å²) in [6, 6.07) is 18.8. The van der Waals surface area contributed by atoms with Crippen LogP contribution in [0.1, 0.15) is 38.5 Å². The Balaban J connectivity index is 1.47. The molecule has 4 rings (SSSR count). The van der Waals surface area contributed by atoms with Crippen molar-refractivity contribution in [1.29, 1.82) is 0 Å². The Morgan fingerprint density at radius 3 is 2.62 bits per heavy atom. The first-order valence-electron chi connectivity index (χ1n) is 9.54. The van der Waals surface area contributed by atoms with Crippen LogP contribution in [0.2, 0.25) is 5.02 Å². The van der Waals surface area contributed by atoms with E-state index in [1.165, 1.54) is 0 Å². The lowest BCUT2D eigenvalue weighted by molar-refractivity contribution is 0.0745. The van der Waals surface area contributed by atoms with Crippen LogP contribution in [-0.2, 0) is 19.6 Å². The smallest absolute Gasteiger partial charge is 0.272 e. The van der Waals surface area contributed by atoms with Crippen molar-refractivity contribution in [3.63, 3.8) is 0 Å². The molecule has 0 bridgehead atoms. The highest BCUT2D eigenvalue weighted by Gasteiger charge is 2.26. The zero-order chi connectivity index (χ0) is 20.2. The van der Waals surface area contributed by atoms with E-state index in [0.29, 0.717) is 36.9 Å². The van der Waals surface area contributed by atoms with Crippen molar-refractivity contribution in [3.05, 3.63) is 88.2 Å². The number of rotatable bonds is 5. The third-order valence-electron chi connectivity index (χ3n) is 4.88. The molecule has 148 valence electrons. The Morgan fingerprint density at radius 1 is 1.03 bits per heavy atom. The van der Waals surface area contributed by atoms with Crippen molar-refractivity contribution in [2.45, 2.75) is 26.1 Å². The number of halogens is 1. The number of hydrogen-bond acceptors (Lipinski definition) is 3. The van der Waals surface area contributed by atoms with Crippen LogP contribution in [0.3, 0.4) is 0 Å². The molecule has 0 spiro atoms. The Hall–Kier alpha value is -3.12. The topological polar surface area (TPSA) is 67.2 Å². The summed E-state index contributed by atoms with van der Waals surface area (Å²) < 4.78 is 1.64. The van der Waals surface area contributed by atoms with Gasteiger partial charge in [0.05, 0.1) is 0 Å². The van der Waals surface area contributed by atoms with Gasteiger partial charge in [-0.1, -0.05) is 54.1 Å². The quantitative estimate of drug-likeness (QED) is 0.702. The predicted octanol–water partition coefficient (Wildman–Crippen LogP) is 3.51. The predicted molar refractivity (Wildman–Crippen MR) is 111 cm³/mol. The van der Waals surface area contributed by atoms with Crippen LogP contribution in [0.4, 0.5) is 0 Å². The Labute approximate surface area is 174 Å². The Kier molecular flexibility index (Phi) is 5.62. The van der Waals surface area contributed by atoms with Gasteiger partial charge >= 0.3 is 0 Å². The maximum atomic E-state index is 13.0. The summed E-state index contributed by atoms with van der Waals surface area (Å²) in [7, 11) is 0. The largest absolute Gasteiger partial charge is 0.347 e. The summed E-state index contributed by atoms with van der Waals surface area (Å²) in [5.41, 5.74) is 2.67. The maximum absolute atomic E-state index is 13.0. The van der Waals surface area contributed by atoms with Crippen LogP contribution in [0.25, 0.3) is 0 Å². The van der Waals surface area contributed by atoms with E-state index in [0.717, 1.165) is 17.5 Å². The lowest BCUT2D eigenvalue weighted by atomic mass is 10.2. The minimum Gasteiger partial charge on any atom is -0.347 e. The molecule has 0 radical (unpaired) electrons. The number of hydrogen-bond donors (Lipinski definition) is 1. The second kappa shape index (κ2) is 8.49. The van der Waals surface area contributed by atoms with Gasteiger partial charge in [-0.25, -0.2) is 0 Å². The maximum Gasteiger partial charge on any atom is 0.272 e. The average Bonchev–Trinajstić information content (AvgIpc) is 3.10. The van der Waals surface area contributed by atoms with Crippen LogP contribution in [0, 0.1) is 0 Å². The van der Waals surface area contributed by atoms with Gasteiger partial charge in [0.2, 0.25) is 0 Å². The van der Waals surface area contributed by atoms with Crippen molar-refractivity contribution >= 4 is 23.4 Å². The fourth-order valence-corrected chi connectivity index (χ4v) is 3.63. The number of benzene rings is 2. The number of nitrogens with zero attached hydrogens (tertiary/aromatic N) is 3. The first-order valence-corrected chi connectivity index (χ1v) is 9.91. The lowest BCUT2D eigenvalue weighted by Crippen LogP contribution is -2.30. The molecule has 0 atom stereocenters. The molecule has 1 N–H and O–H groups in total. The van der Waals surface area contributed by atoms with Crippen LogP contribution >= 0.6 is 11.6 Å². The highest BCUT2D eigenvalue weighted by atomic mass is 35.5. The van der Waals surface area contributed by atoms with Crippen molar-refractivity contribution < 1.29 is 9.59 Å². The molecule has 3 aromatic rings. The van der Waals surface area contributed by atoms with Gasteiger partial charge in [-0.15, -0.1) is 0 Å². The van der Waals surface area contributed by atoms with E-state index >= 15 is 0 Å². The van der Waals surface area contributed by atoms with Gasteiger partial charge in [0.25, 0.3) is 11.8 Å². The van der Waals surface area contributed by atoms with Crippen molar-refractivity contribution in [1.82, 2.24) is 20.0 Å². The van der Waals surface area contributed by atoms with Crippen molar-refractivity contribution in [2.24, 2.45) is 0 Å². The molecule has 0 saturated heterocycles. The number of carbonyl (C=O) groups excluding carboxylic acids is 2. The van der Waals surface area contributed by atoms with Crippen molar-refractivity contribution in [2.75, 3.05) is 6.54 Å². The number of carbonyl (C=O) groups is 2. The molecule has 0 fully saturated rings. The number of aryl methyl sites for hydroxylation is 1. The molecule has 1 aliphatic rings. The van der Waals surface area contributed by atoms with E-state index in [4.69, 9.17) is 11.6 Å². The molecule has 2 amide bonds. The molecular formula is C22H21ClN4O2. The second-order valence-electron chi connectivity index (χ2n) is 7.02. The second-order valence-corrected chi connectivity index (χ2v) is 7.45. The molecule has 6 nitrogen and oxygen atoms in total. The van der Waals surface area contributed by atoms with Gasteiger partial charge in [0.1, 0.15) is 5.69 Å². The molecule has 1 aromatic heterocycles. The normalized spacial score (nSPS) is 13.7. The number of nitrogens with one attached hydrogen (secondary N) is 1. The SMILES string of the molecule is O=C(NCc1cccc(Cl)c1)c1cc2n(n1)CCCN(Cc1ccccc1)C2=O. The van der Waals surface area contributed by atoms with Crippen LogP contribution in [-0.4, -0.2) is 33.0 Å². The highest BCUT2D eigenvalue weighted by molar-refractivity contribution is 6.30. The lowest BCUT2D eigenvalue weighted by Gasteiger charge is -2.20. The molecular weight excluding hydrogens is 388 g/mol. The van der Waals surface area contributed by atoms with E-state index in [-0.39, 0.29) is 17.5 Å². The Morgan fingerprint density at radius 2 is 1.83 bits per heavy atom. The van der Waals surface area contributed by atoms with E-state index in [2.05, 4.69) is 10.4 Å². The summed E-state index contributed by atoms with van der Waals surface area (Å²) >= 11 is 5.98. The number of fused-ring (bicyclic) bond motifs is 1. The van der Waals surface area contributed by atoms with E-state index < -0.39 is 0 Å². The molecule has 7 heteroatoms. The standard InChI is InChI=1S/C22H21ClN4O2/c23-18-9-4-8-17(12-18)14-24-21(28)19-13-20-22(29)26(10-5-11-27(20)25-19)15-16-6-2-1-3-7-16/h1-4,6-9,12-13H,5,10-11,14-15H2,(H,24,28). The summed E-state index contributed by atoms with van der Waals surface area (Å²) in [5.74, 6) is -0.416. The van der Waals surface area contributed by atoms with E-state index in [9.17, 15) is 9.59 Å². The molecule has 0 saturated carbocycles. The molecule has 0 aliphatic carbocycles. The van der Waals surface area contributed by atoms with Gasteiger partial charge in [0.15, 0.2) is 5.69 Å². The zero-order valence-electron chi connectivity index (χ0n) is 15.8. The summed E-state index contributed by atoms with van der Waals surface area (Å²) in [4.78, 5) is 27.4. The highest BCUT2D eigenvalue weighted by Crippen LogP contribution is 2.17. The first kappa shape index (κ1) is 19.2. The monoisotopic (exact) mass is 408 g/mol. The van der Waals surface area contributed by atoms with Crippen LogP contribution < -0.4 is 5.32 Å². The minimum absolute atomic E-state index is 0.104. The van der Waals surface area contributed by atoms with Gasteiger partial charge in [0, 0.05) is 37.3 Å². The molecule has 2 heterocycles. The summed E-state index contributed by atoms with van der Waals surface area (Å²) in [5, 5.41) is 7.82. The van der Waals surface area contributed by atoms with Crippen LogP contribution in [0.5, 0.6) is 0 Å². The molecule has 0 unspecified atom stereocenters. The summed E-state index contributed by atoms with van der Waals surface area (Å²) in [6.07, 6.45) is 0.789. The third-order valence-corrected chi connectivity index (χ3v) is 5.11. The average molecular weight is 409 g/mol. The zero-order valence-corrected chi connectivity index (χ0v) is 16.6. The van der Waals surface area contributed by atoms with Gasteiger partial charge in [-0.2, -0.15) is 5.10 Å². The van der Waals surface area contributed by atoms with Crippen LogP contribution in [0.15, 0.2) is 60.7 Å². The Bertz CT molecular complexity index is 1030. The minimum atomic E-state index is -0.312. The van der Waals surface area contributed by atoms with Gasteiger partial charge < -0.3 is 10.2 Å².